The Morgan fingerprint density at radius 3 is 2.71 bits per heavy atom. The molecule has 0 unspecified atom stereocenters. The van der Waals surface area contributed by atoms with Crippen molar-refractivity contribution in [3.05, 3.63) is 29.0 Å². The van der Waals surface area contributed by atoms with Crippen molar-refractivity contribution in [2.45, 2.75) is 18.7 Å². The minimum atomic E-state index is -3.69. The van der Waals surface area contributed by atoms with Crippen LogP contribution in [0.15, 0.2) is 22.5 Å². The minimum absolute atomic E-state index is 0.108. The van der Waals surface area contributed by atoms with Crippen LogP contribution in [0.2, 0.25) is 0 Å². The van der Waals surface area contributed by atoms with Gasteiger partial charge in [-0.05, 0) is 31.4 Å². The van der Waals surface area contributed by atoms with Crippen molar-refractivity contribution in [1.82, 2.24) is 19.1 Å². The SMILES string of the molecule is Cc1nscc1NS(=O)(=O)c1cnc2c(c1)c(C)nn2C. The highest BCUT2D eigenvalue weighted by Gasteiger charge is 2.19. The van der Waals surface area contributed by atoms with Crippen molar-refractivity contribution in [3.8, 4) is 0 Å². The van der Waals surface area contributed by atoms with E-state index in [-0.39, 0.29) is 4.90 Å². The van der Waals surface area contributed by atoms with E-state index in [1.807, 2.05) is 6.92 Å². The summed E-state index contributed by atoms with van der Waals surface area (Å²) >= 11 is 1.20. The fourth-order valence-corrected chi connectivity index (χ4v) is 3.83. The van der Waals surface area contributed by atoms with Gasteiger partial charge in [-0.2, -0.15) is 9.47 Å². The number of fused-ring (bicyclic) bond motifs is 1. The molecule has 0 aliphatic heterocycles. The van der Waals surface area contributed by atoms with Crippen molar-refractivity contribution in [2.75, 3.05) is 4.72 Å². The number of hydrogen-bond acceptors (Lipinski definition) is 6. The number of nitrogens with one attached hydrogen (secondary N) is 1. The largest absolute Gasteiger partial charge is 0.277 e. The third-order valence-corrected chi connectivity index (χ3v) is 5.20. The molecule has 0 bridgehead atoms. The molecule has 0 amide bonds. The number of aromatic nitrogens is 4. The predicted octanol–water partition coefficient (Wildman–Crippen LogP) is 1.84. The highest BCUT2D eigenvalue weighted by molar-refractivity contribution is 7.92. The molecule has 0 saturated carbocycles. The van der Waals surface area contributed by atoms with Crippen LogP contribution in [-0.4, -0.2) is 27.6 Å². The first kappa shape index (κ1) is 14.0. The second kappa shape index (κ2) is 4.78. The van der Waals surface area contributed by atoms with E-state index in [9.17, 15) is 8.42 Å². The molecule has 0 aliphatic rings. The van der Waals surface area contributed by atoms with Crippen molar-refractivity contribution < 1.29 is 8.42 Å². The van der Waals surface area contributed by atoms with Crippen LogP contribution >= 0.6 is 11.5 Å². The summed E-state index contributed by atoms with van der Waals surface area (Å²) < 4.78 is 33.0. The van der Waals surface area contributed by atoms with Crippen LogP contribution in [0.1, 0.15) is 11.4 Å². The number of pyridine rings is 1. The number of aryl methyl sites for hydroxylation is 3. The molecule has 1 N–H and O–H groups in total. The maximum Gasteiger partial charge on any atom is 0.263 e. The molecule has 0 spiro atoms. The summed E-state index contributed by atoms with van der Waals surface area (Å²) in [7, 11) is -1.91. The molecule has 3 rings (SSSR count). The van der Waals surface area contributed by atoms with Gasteiger partial charge in [0, 0.05) is 24.0 Å². The van der Waals surface area contributed by atoms with Crippen LogP contribution < -0.4 is 4.72 Å². The van der Waals surface area contributed by atoms with Crippen molar-refractivity contribution in [1.29, 1.82) is 0 Å². The Labute approximate surface area is 125 Å². The van der Waals surface area contributed by atoms with Crippen molar-refractivity contribution in [2.24, 2.45) is 7.05 Å². The smallest absolute Gasteiger partial charge is 0.263 e. The Bertz CT molecular complexity index is 926. The van der Waals surface area contributed by atoms with E-state index in [0.29, 0.717) is 17.0 Å². The predicted molar refractivity (Wildman–Crippen MR) is 80.9 cm³/mol. The molecule has 0 fully saturated rings. The number of anilines is 1. The van der Waals surface area contributed by atoms with Gasteiger partial charge in [0.2, 0.25) is 0 Å². The third-order valence-electron chi connectivity index (χ3n) is 3.14. The monoisotopic (exact) mass is 323 g/mol. The van der Waals surface area contributed by atoms with Crippen LogP contribution in [0, 0.1) is 13.8 Å². The Morgan fingerprint density at radius 2 is 2.05 bits per heavy atom. The molecule has 9 heteroatoms. The minimum Gasteiger partial charge on any atom is -0.277 e. The zero-order chi connectivity index (χ0) is 15.2. The second-order valence-corrected chi connectivity index (χ2v) is 6.98. The molecule has 3 aromatic heterocycles. The van der Waals surface area contributed by atoms with E-state index >= 15 is 0 Å². The van der Waals surface area contributed by atoms with Crippen LogP contribution in [0.5, 0.6) is 0 Å². The first-order valence-corrected chi connectivity index (χ1v) is 8.43. The zero-order valence-electron chi connectivity index (χ0n) is 11.7. The lowest BCUT2D eigenvalue weighted by atomic mass is 10.3. The Balaban J connectivity index is 2.07. The number of rotatable bonds is 3. The zero-order valence-corrected chi connectivity index (χ0v) is 13.3. The Hall–Kier alpha value is -2.00. The lowest BCUT2D eigenvalue weighted by molar-refractivity contribution is 0.601. The van der Waals surface area contributed by atoms with Crippen LogP contribution in [0.25, 0.3) is 11.0 Å². The summed E-state index contributed by atoms with van der Waals surface area (Å²) in [5.41, 5.74) is 2.53. The van der Waals surface area contributed by atoms with Gasteiger partial charge in [-0.1, -0.05) is 0 Å². The van der Waals surface area contributed by atoms with E-state index in [2.05, 4.69) is 19.2 Å². The van der Waals surface area contributed by atoms with Gasteiger partial charge in [0.1, 0.15) is 4.90 Å². The van der Waals surface area contributed by atoms with Gasteiger partial charge in [-0.25, -0.2) is 13.4 Å². The first-order chi connectivity index (χ1) is 9.88. The normalized spacial score (nSPS) is 12.0. The van der Waals surface area contributed by atoms with Gasteiger partial charge in [-0.15, -0.1) is 0 Å². The summed E-state index contributed by atoms with van der Waals surface area (Å²) in [5.74, 6) is 0. The van der Waals surface area contributed by atoms with Gasteiger partial charge in [0.05, 0.1) is 17.1 Å². The van der Waals surface area contributed by atoms with Crippen molar-refractivity contribution in [3.63, 3.8) is 0 Å². The average Bonchev–Trinajstić information content (AvgIpc) is 2.94. The maximum absolute atomic E-state index is 12.4. The highest BCUT2D eigenvalue weighted by Crippen LogP contribution is 2.23. The molecule has 110 valence electrons. The topological polar surface area (TPSA) is 89.8 Å². The summed E-state index contributed by atoms with van der Waals surface area (Å²) in [4.78, 5) is 4.30. The number of nitrogens with zero attached hydrogens (tertiary/aromatic N) is 4. The second-order valence-electron chi connectivity index (χ2n) is 4.67. The van der Waals surface area contributed by atoms with Crippen LogP contribution in [0.3, 0.4) is 0 Å². The van der Waals surface area contributed by atoms with Crippen LogP contribution in [-0.2, 0) is 17.1 Å². The Morgan fingerprint density at radius 1 is 1.29 bits per heavy atom. The third kappa shape index (κ3) is 2.38. The van der Waals surface area contributed by atoms with Gasteiger partial charge in [-0.3, -0.25) is 9.40 Å². The fraction of sp³-hybridized carbons (Fsp3) is 0.250. The van der Waals surface area contributed by atoms with Gasteiger partial charge >= 0.3 is 0 Å². The van der Waals surface area contributed by atoms with E-state index in [1.165, 1.54) is 17.7 Å². The lowest BCUT2D eigenvalue weighted by Gasteiger charge is -2.06. The molecule has 7 nitrogen and oxygen atoms in total. The average molecular weight is 323 g/mol. The van der Waals surface area contributed by atoms with E-state index in [4.69, 9.17) is 0 Å². The van der Waals surface area contributed by atoms with Gasteiger partial charge in [0.25, 0.3) is 10.0 Å². The van der Waals surface area contributed by atoms with Crippen LogP contribution in [0.4, 0.5) is 5.69 Å². The lowest BCUT2D eigenvalue weighted by Crippen LogP contribution is -2.13. The van der Waals surface area contributed by atoms with E-state index in [1.54, 1.807) is 30.1 Å². The maximum atomic E-state index is 12.4. The molecule has 0 aromatic carbocycles. The van der Waals surface area contributed by atoms with E-state index in [0.717, 1.165) is 11.1 Å². The molecule has 0 saturated heterocycles. The summed E-state index contributed by atoms with van der Waals surface area (Å²) in [6.45, 7) is 3.57. The molecule has 3 aromatic rings. The summed E-state index contributed by atoms with van der Waals surface area (Å²) in [5, 5.41) is 6.62. The highest BCUT2D eigenvalue weighted by atomic mass is 32.2. The summed E-state index contributed by atoms with van der Waals surface area (Å²) in [6.07, 6.45) is 1.33. The summed E-state index contributed by atoms with van der Waals surface area (Å²) in [6, 6.07) is 1.59. The molecular weight excluding hydrogens is 310 g/mol. The quantitative estimate of drug-likeness (QED) is 0.794. The molecular formula is C12H13N5O2S2. The molecule has 0 radical (unpaired) electrons. The number of sulfonamides is 1. The van der Waals surface area contributed by atoms with Gasteiger partial charge < -0.3 is 0 Å². The van der Waals surface area contributed by atoms with Gasteiger partial charge in [0.15, 0.2) is 5.65 Å². The van der Waals surface area contributed by atoms with Crippen molar-refractivity contribution >= 4 is 38.3 Å². The first-order valence-electron chi connectivity index (χ1n) is 6.11. The molecule has 0 atom stereocenters. The fourth-order valence-electron chi connectivity index (χ4n) is 2.03. The molecule has 21 heavy (non-hydrogen) atoms. The standard InChI is InChI=1S/C12H13N5O2S2/c1-7-10-4-9(5-13-12(10)17(3)14-7)21(18,19)16-11-6-20-15-8(11)2/h4-6,16H,1-3H3. The molecule has 0 aliphatic carbocycles. The Kier molecular flexibility index (Phi) is 3.18. The molecule has 3 heterocycles. The van der Waals surface area contributed by atoms with E-state index < -0.39 is 10.0 Å². The number of hydrogen-bond donors (Lipinski definition) is 1.